The van der Waals surface area contributed by atoms with E-state index in [0.717, 1.165) is 23.4 Å². The maximum Gasteiger partial charge on any atom is 0.338 e. The Morgan fingerprint density at radius 1 is 1.17 bits per heavy atom. The molecule has 0 saturated carbocycles. The van der Waals surface area contributed by atoms with Crippen molar-refractivity contribution in [3.8, 4) is 17.2 Å². The van der Waals surface area contributed by atoms with E-state index in [-0.39, 0.29) is 22.9 Å². The molecule has 1 aliphatic rings. The maximum absolute atomic E-state index is 12.8. The van der Waals surface area contributed by atoms with Gasteiger partial charge in [-0.1, -0.05) is 6.07 Å². The van der Waals surface area contributed by atoms with Crippen LogP contribution in [0.25, 0.3) is 6.08 Å². The number of carboxylic acid groups (broad SMARTS) is 1. The lowest BCUT2D eigenvalue weighted by molar-refractivity contribution is -0.122. The number of ether oxygens (including phenoxy) is 2. The molecule has 0 aromatic heterocycles. The first-order chi connectivity index (χ1) is 14.4. The molecular formula is C21H20N2O6S. The molecule has 1 fully saturated rings. The fraction of sp³-hybridized carbons (Fsp3) is 0.190. The number of benzene rings is 2. The van der Waals surface area contributed by atoms with E-state index in [4.69, 9.17) is 9.47 Å². The van der Waals surface area contributed by atoms with Gasteiger partial charge in [0.2, 0.25) is 0 Å². The van der Waals surface area contributed by atoms with Crippen molar-refractivity contribution >= 4 is 40.6 Å². The SMILES string of the molecule is CCN1C(=O)/C(=C/c2ccc(OC)c(OC)c2)SC1=Nc1ccc(O)cc1C(=O)O. The van der Waals surface area contributed by atoms with Gasteiger partial charge < -0.3 is 19.7 Å². The Hall–Kier alpha value is -3.46. The molecule has 0 atom stereocenters. The first kappa shape index (κ1) is 21.3. The monoisotopic (exact) mass is 428 g/mol. The first-order valence-corrected chi connectivity index (χ1v) is 9.78. The third-order valence-electron chi connectivity index (χ3n) is 4.34. The molecule has 0 radical (unpaired) electrons. The summed E-state index contributed by atoms with van der Waals surface area (Å²) in [5.74, 6) is -0.502. The Balaban J connectivity index is 1.99. The van der Waals surface area contributed by atoms with Crippen molar-refractivity contribution in [2.75, 3.05) is 20.8 Å². The highest BCUT2D eigenvalue weighted by molar-refractivity contribution is 8.18. The van der Waals surface area contributed by atoms with Gasteiger partial charge in [-0.3, -0.25) is 9.69 Å². The molecule has 156 valence electrons. The normalized spacial score (nSPS) is 16.4. The number of carboxylic acids is 1. The van der Waals surface area contributed by atoms with Crippen LogP contribution in [-0.2, 0) is 4.79 Å². The van der Waals surface area contributed by atoms with Gasteiger partial charge in [0.05, 0.1) is 30.4 Å². The van der Waals surface area contributed by atoms with Crippen LogP contribution in [0, 0.1) is 0 Å². The molecule has 0 spiro atoms. The fourth-order valence-corrected chi connectivity index (χ4v) is 3.92. The number of amides is 1. The minimum Gasteiger partial charge on any atom is -0.508 e. The second kappa shape index (κ2) is 8.91. The average molecular weight is 428 g/mol. The van der Waals surface area contributed by atoms with Gasteiger partial charge in [-0.25, -0.2) is 9.79 Å². The summed E-state index contributed by atoms with van der Waals surface area (Å²) in [5.41, 5.74) is 0.752. The van der Waals surface area contributed by atoms with Crippen LogP contribution in [0.4, 0.5) is 5.69 Å². The van der Waals surface area contributed by atoms with Crippen LogP contribution in [0.1, 0.15) is 22.8 Å². The summed E-state index contributed by atoms with van der Waals surface area (Å²) < 4.78 is 10.5. The Bertz CT molecular complexity index is 1060. The molecule has 2 N–H and O–H groups in total. The number of phenols is 1. The maximum atomic E-state index is 12.8. The van der Waals surface area contributed by atoms with Crippen LogP contribution < -0.4 is 9.47 Å². The third-order valence-corrected chi connectivity index (χ3v) is 5.34. The van der Waals surface area contributed by atoms with E-state index in [1.807, 2.05) is 6.92 Å². The molecule has 3 rings (SSSR count). The number of phenolic OH excluding ortho intramolecular Hbond substituents is 1. The number of aliphatic imine (C=N–C) groups is 1. The zero-order valence-electron chi connectivity index (χ0n) is 16.6. The van der Waals surface area contributed by atoms with Crippen molar-refractivity contribution in [2.24, 2.45) is 4.99 Å². The van der Waals surface area contributed by atoms with Gasteiger partial charge in [-0.15, -0.1) is 0 Å². The molecule has 8 nitrogen and oxygen atoms in total. The van der Waals surface area contributed by atoms with Gasteiger partial charge in [0.1, 0.15) is 5.75 Å². The topological polar surface area (TPSA) is 109 Å². The van der Waals surface area contributed by atoms with Gasteiger partial charge in [0.25, 0.3) is 5.91 Å². The highest BCUT2D eigenvalue weighted by Gasteiger charge is 2.32. The van der Waals surface area contributed by atoms with E-state index in [1.165, 1.54) is 24.1 Å². The molecule has 2 aromatic carbocycles. The quantitative estimate of drug-likeness (QED) is 0.675. The summed E-state index contributed by atoms with van der Waals surface area (Å²) in [6, 6.07) is 9.19. The Morgan fingerprint density at radius 3 is 2.53 bits per heavy atom. The van der Waals surface area contributed by atoms with Crippen LogP contribution in [0.5, 0.6) is 17.2 Å². The molecule has 1 saturated heterocycles. The van der Waals surface area contributed by atoms with E-state index in [0.29, 0.717) is 28.1 Å². The zero-order chi connectivity index (χ0) is 21.8. The highest BCUT2D eigenvalue weighted by atomic mass is 32.2. The van der Waals surface area contributed by atoms with Crippen LogP contribution in [0.2, 0.25) is 0 Å². The van der Waals surface area contributed by atoms with Crippen molar-refractivity contribution < 1.29 is 29.3 Å². The molecule has 0 aliphatic carbocycles. The van der Waals surface area contributed by atoms with Gasteiger partial charge in [-0.2, -0.15) is 0 Å². The van der Waals surface area contributed by atoms with Gasteiger partial charge in [0, 0.05) is 6.54 Å². The lowest BCUT2D eigenvalue weighted by atomic mass is 10.1. The molecule has 1 amide bonds. The number of aromatic hydroxyl groups is 1. The lowest BCUT2D eigenvalue weighted by Crippen LogP contribution is -2.28. The van der Waals surface area contributed by atoms with Gasteiger partial charge in [-0.05, 0) is 60.7 Å². The van der Waals surface area contributed by atoms with Gasteiger partial charge in [0.15, 0.2) is 16.7 Å². The van der Waals surface area contributed by atoms with Crippen molar-refractivity contribution in [2.45, 2.75) is 6.92 Å². The molecule has 1 aliphatic heterocycles. The number of likely N-dealkylation sites (N-methyl/N-ethyl adjacent to an activating group) is 1. The van der Waals surface area contributed by atoms with Crippen LogP contribution >= 0.6 is 11.8 Å². The Labute approximate surface area is 177 Å². The summed E-state index contributed by atoms with van der Waals surface area (Å²) in [7, 11) is 3.08. The average Bonchev–Trinajstić information content (AvgIpc) is 3.02. The molecule has 0 unspecified atom stereocenters. The molecule has 30 heavy (non-hydrogen) atoms. The third kappa shape index (κ3) is 4.25. The second-order valence-electron chi connectivity index (χ2n) is 6.18. The number of amidine groups is 1. The largest absolute Gasteiger partial charge is 0.508 e. The predicted octanol–water partition coefficient (Wildman–Crippen LogP) is 3.73. The number of aromatic carboxylic acids is 1. The number of methoxy groups -OCH3 is 2. The molecule has 9 heteroatoms. The number of rotatable bonds is 6. The number of hydrogen-bond acceptors (Lipinski definition) is 7. The number of carbonyl (C=O) groups excluding carboxylic acids is 1. The summed E-state index contributed by atoms with van der Waals surface area (Å²) in [6.45, 7) is 2.18. The van der Waals surface area contributed by atoms with Crippen molar-refractivity contribution in [1.82, 2.24) is 4.90 Å². The van der Waals surface area contributed by atoms with Crippen molar-refractivity contribution in [3.05, 3.63) is 52.4 Å². The van der Waals surface area contributed by atoms with E-state index < -0.39 is 5.97 Å². The van der Waals surface area contributed by atoms with Gasteiger partial charge >= 0.3 is 5.97 Å². The standard InChI is InChI=1S/C21H20N2O6S/c1-4-23-19(25)18(10-12-5-8-16(28-2)17(9-12)29-3)30-21(23)22-15-7-6-13(24)11-14(15)20(26)27/h5-11,24H,4H2,1-3H3,(H,26,27)/b18-10-,22-21?. The smallest absolute Gasteiger partial charge is 0.338 e. The van der Waals surface area contributed by atoms with E-state index in [2.05, 4.69) is 4.99 Å². The number of hydrogen-bond donors (Lipinski definition) is 2. The van der Waals surface area contributed by atoms with Crippen LogP contribution in [0.3, 0.4) is 0 Å². The van der Waals surface area contributed by atoms with Crippen LogP contribution in [0.15, 0.2) is 46.3 Å². The Morgan fingerprint density at radius 2 is 1.90 bits per heavy atom. The fourth-order valence-electron chi connectivity index (χ4n) is 2.86. The molecule has 2 aromatic rings. The second-order valence-corrected chi connectivity index (χ2v) is 7.18. The van der Waals surface area contributed by atoms with Crippen molar-refractivity contribution in [1.29, 1.82) is 0 Å². The predicted molar refractivity (Wildman–Crippen MR) is 115 cm³/mol. The minimum atomic E-state index is -1.22. The summed E-state index contributed by atoms with van der Waals surface area (Å²) in [6.07, 6.45) is 1.72. The number of thioether (sulfide) groups is 1. The van der Waals surface area contributed by atoms with E-state index >= 15 is 0 Å². The zero-order valence-corrected chi connectivity index (χ0v) is 17.4. The minimum absolute atomic E-state index is 0.149. The first-order valence-electron chi connectivity index (χ1n) is 8.96. The summed E-state index contributed by atoms with van der Waals surface area (Å²) in [5, 5.41) is 19.3. The van der Waals surface area contributed by atoms with Crippen molar-refractivity contribution in [3.63, 3.8) is 0 Å². The molecular weight excluding hydrogens is 408 g/mol. The number of nitrogens with zero attached hydrogens (tertiary/aromatic N) is 2. The lowest BCUT2D eigenvalue weighted by Gasteiger charge is -2.12. The highest BCUT2D eigenvalue weighted by Crippen LogP contribution is 2.36. The van der Waals surface area contributed by atoms with Crippen LogP contribution in [-0.4, -0.2) is 52.9 Å². The van der Waals surface area contributed by atoms with E-state index in [9.17, 15) is 19.8 Å². The summed E-state index contributed by atoms with van der Waals surface area (Å²) >= 11 is 1.15. The molecule has 0 bridgehead atoms. The Kier molecular flexibility index (Phi) is 6.31. The molecule has 1 heterocycles. The summed E-state index contributed by atoms with van der Waals surface area (Å²) in [4.78, 5) is 30.6. The van der Waals surface area contributed by atoms with E-state index in [1.54, 1.807) is 31.4 Å². The number of carbonyl (C=O) groups is 2.